The van der Waals surface area contributed by atoms with Crippen LogP contribution >= 0.6 is 0 Å². The third-order valence-corrected chi connectivity index (χ3v) is 5.33. The molecular formula is C21H24N4O2. The van der Waals surface area contributed by atoms with E-state index < -0.39 is 5.92 Å². The molecule has 2 aliphatic rings. The molecule has 0 bridgehead atoms. The third kappa shape index (κ3) is 3.20. The van der Waals surface area contributed by atoms with E-state index >= 15 is 0 Å². The molecule has 4 rings (SSSR count). The van der Waals surface area contributed by atoms with Crippen molar-refractivity contribution in [1.82, 2.24) is 14.9 Å². The molecule has 1 aromatic heterocycles. The number of carbonyl (C=O) groups is 2. The van der Waals surface area contributed by atoms with Crippen molar-refractivity contribution in [2.24, 2.45) is 5.92 Å². The number of hydrogen-bond donors (Lipinski definition) is 0. The second-order valence-corrected chi connectivity index (χ2v) is 7.82. The van der Waals surface area contributed by atoms with Gasteiger partial charge in [0.05, 0.1) is 18.2 Å². The maximum absolute atomic E-state index is 13.3. The summed E-state index contributed by atoms with van der Waals surface area (Å²) in [5.74, 6) is 0.860. The molecule has 1 atom stereocenters. The van der Waals surface area contributed by atoms with Crippen LogP contribution in [0.25, 0.3) is 0 Å². The first-order valence-corrected chi connectivity index (χ1v) is 9.42. The first-order chi connectivity index (χ1) is 12.9. The number of amides is 2. The SMILES string of the molecule is CC(C)Cc1ncc2c(n1)CN(C(=O)[C@@H]1CC(=O)N(C)c3ccccc31)C2. The van der Waals surface area contributed by atoms with Crippen molar-refractivity contribution in [2.45, 2.75) is 45.7 Å². The van der Waals surface area contributed by atoms with Crippen molar-refractivity contribution < 1.29 is 9.59 Å². The molecule has 0 unspecified atom stereocenters. The lowest BCUT2D eigenvalue weighted by Gasteiger charge is -2.32. The molecule has 0 saturated heterocycles. The fraction of sp³-hybridized carbons (Fsp3) is 0.429. The van der Waals surface area contributed by atoms with Crippen LogP contribution in [-0.2, 0) is 29.1 Å². The molecule has 2 aliphatic heterocycles. The van der Waals surface area contributed by atoms with Crippen molar-refractivity contribution in [3.05, 3.63) is 53.1 Å². The normalized spacial score (nSPS) is 18.7. The number of carbonyl (C=O) groups excluding carboxylic acids is 2. The molecule has 140 valence electrons. The molecule has 27 heavy (non-hydrogen) atoms. The summed E-state index contributed by atoms with van der Waals surface area (Å²) >= 11 is 0. The minimum Gasteiger partial charge on any atom is -0.332 e. The van der Waals surface area contributed by atoms with Crippen LogP contribution in [0.5, 0.6) is 0 Å². The number of aromatic nitrogens is 2. The van der Waals surface area contributed by atoms with Gasteiger partial charge in [0.25, 0.3) is 0 Å². The summed E-state index contributed by atoms with van der Waals surface area (Å²) in [4.78, 5) is 38.2. The van der Waals surface area contributed by atoms with Gasteiger partial charge < -0.3 is 9.80 Å². The Balaban J connectivity index is 1.57. The van der Waals surface area contributed by atoms with Crippen molar-refractivity contribution in [1.29, 1.82) is 0 Å². The molecule has 0 aliphatic carbocycles. The van der Waals surface area contributed by atoms with Crippen molar-refractivity contribution >= 4 is 17.5 Å². The second-order valence-electron chi connectivity index (χ2n) is 7.82. The van der Waals surface area contributed by atoms with Crippen LogP contribution in [0.2, 0.25) is 0 Å². The van der Waals surface area contributed by atoms with Crippen LogP contribution in [0, 0.1) is 5.92 Å². The zero-order valence-electron chi connectivity index (χ0n) is 16.0. The highest BCUT2D eigenvalue weighted by Crippen LogP contribution is 2.37. The molecule has 0 spiro atoms. The topological polar surface area (TPSA) is 66.4 Å². The average molecular weight is 364 g/mol. The van der Waals surface area contributed by atoms with Crippen LogP contribution in [0.4, 0.5) is 5.69 Å². The molecule has 6 nitrogen and oxygen atoms in total. The number of rotatable bonds is 3. The molecule has 0 fully saturated rings. The van der Waals surface area contributed by atoms with Gasteiger partial charge in [0.1, 0.15) is 5.82 Å². The zero-order chi connectivity index (χ0) is 19.1. The Bertz CT molecular complexity index is 909. The zero-order valence-corrected chi connectivity index (χ0v) is 16.0. The van der Waals surface area contributed by atoms with E-state index in [9.17, 15) is 9.59 Å². The largest absolute Gasteiger partial charge is 0.332 e. The van der Waals surface area contributed by atoms with Crippen LogP contribution in [-0.4, -0.2) is 33.7 Å². The van der Waals surface area contributed by atoms with Gasteiger partial charge in [-0.2, -0.15) is 0 Å². The molecular weight excluding hydrogens is 340 g/mol. The maximum atomic E-state index is 13.3. The summed E-state index contributed by atoms with van der Waals surface area (Å²) in [6.45, 7) is 5.28. The molecule has 1 aromatic carbocycles. The first kappa shape index (κ1) is 17.6. The maximum Gasteiger partial charge on any atom is 0.231 e. The highest BCUT2D eigenvalue weighted by atomic mass is 16.2. The standard InChI is InChI=1S/C21H24N4O2/c1-13(2)8-19-22-10-14-11-25(12-17(14)23-19)21(27)16-9-20(26)24(3)18-7-5-4-6-15(16)18/h4-7,10,13,16H,8-9,11-12H2,1-3H3/t16-/m1/s1. The lowest BCUT2D eigenvalue weighted by molar-refractivity contribution is -0.135. The Morgan fingerprint density at radius 3 is 2.81 bits per heavy atom. The predicted molar refractivity (Wildman–Crippen MR) is 102 cm³/mol. The fourth-order valence-corrected chi connectivity index (χ4v) is 3.90. The van der Waals surface area contributed by atoms with Crippen molar-refractivity contribution in [3.8, 4) is 0 Å². The molecule has 2 aromatic rings. The lowest BCUT2D eigenvalue weighted by atomic mass is 9.88. The molecule has 0 saturated carbocycles. The number of nitrogens with zero attached hydrogens (tertiary/aromatic N) is 4. The minimum absolute atomic E-state index is 0.00712. The number of anilines is 1. The Labute approximate surface area is 159 Å². The predicted octanol–water partition coefficient (Wildman–Crippen LogP) is 2.67. The van der Waals surface area contributed by atoms with E-state index in [2.05, 4.69) is 23.8 Å². The van der Waals surface area contributed by atoms with E-state index in [0.29, 0.717) is 19.0 Å². The van der Waals surface area contributed by atoms with Gasteiger partial charge in [-0.25, -0.2) is 9.97 Å². The highest BCUT2D eigenvalue weighted by Gasteiger charge is 2.37. The number of benzene rings is 1. The van der Waals surface area contributed by atoms with E-state index in [-0.39, 0.29) is 18.2 Å². The quantitative estimate of drug-likeness (QED) is 0.840. The van der Waals surface area contributed by atoms with E-state index in [1.54, 1.807) is 16.8 Å². The lowest BCUT2D eigenvalue weighted by Crippen LogP contribution is -2.39. The number of para-hydroxylation sites is 1. The summed E-state index contributed by atoms with van der Waals surface area (Å²) in [7, 11) is 1.76. The Kier molecular flexibility index (Phi) is 4.42. The van der Waals surface area contributed by atoms with Crippen molar-refractivity contribution in [2.75, 3.05) is 11.9 Å². The van der Waals surface area contributed by atoms with Gasteiger partial charge in [-0.1, -0.05) is 32.0 Å². The van der Waals surface area contributed by atoms with Gasteiger partial charge >= 0.3 is 0 Å². The van der Waals surface area contributed by atoms with Crippen molar-refractivity contribution in [3.63, 3.8) is 0 Å². The average Bonchev–Trinajstić information content (AvgIpc) is 3.07. The van der Waals surface area contributed by atoms with Crippen LogP contribution in [0.1, 0.15) is 48.8 Å². The van der Waals surface area contributed by atoms with E-state index in [1.807, 2.05) is 30.5 Å². The van der Waals surface area contributed by atoms with Gasteiger partial charge in [-0.3, -0.25) is 9.59 Å². The van der Waals surface area contributed by atoms with Crippen LogP contribution in [0.15, 0.2) is 30.5 Å². The number of hydrogen-bond acceptors (Lipinski definition) is 4. The monoisotopic (exact) mass is 364 g/mol. The van der Waals surface area contributed by atoms with E-state index in [4.69, 9.17) is 0 Å². The molecule has 2 amide bonds. The Hall–Kier alpha value is -2.76. The smallest absolute Gasteiger partial charge is 0.231 e. The van der Waals surface area contributed by atoms with Crippen LogP contribution in [0.3, 0.4) is 0 Å². The summed E-state index contributed by atoms with van der Waals surface area (Å²) in [6, 6.07) is 7.66. The summed E-state index contributed by atoms with van der Waals surface area (Å²) in [6.07, 6.45) is 2.89. The second kappa shape index (κ2) is 6.76. The van der Waals surface area contributed by atoms with Gasteiger partial charge in [-0.15, -0.1) is 0 Å². The Morgan fingerprint density at radius 1 is 1.26 bits per heavy atom. The van der Waals surface area contributed by atoms with Crippen LogP contribution < -0.4 is 4.90 Å². The van der Waals surface area contributed by atoms with E-state index in [1.165, 1.54) is 0 Å². The fourth-order valence-electron chi connectivity index (χ4n) is 3.90. The van der Waals surface area contributed by atoms with Gasteiger partial charge in [0.2, 0.25) is 11.8 Å². The number of fused-ring (bicyclic) bond motifs is 2. The minimum atomic E-state index is -0.428. The third-order valence-electron chi connectivity index (χ3n) is 5.33. The molecule has 0 N–H and O–H groups in total. The van der Waals surface area contributed by atoms with Gasteiger partial charge in [0.15, 0.2) is 0 Å². The van der Waals surface area contributed by atoms with E-state index in [0.717, 1.165) is 34.8 Å². The summed E-state index contributed by atoms with van der Waals surface area (Å²) < 4.78 is 0. The first-order valence-electron chi connectivity index (χ1n) is 9.42. The van der Waals surface area contributed by atoms with Gasteiger partial charge in [0, 0.05) is 43.9 Å². The van der Waals surface area contributed by atoms with Gasteiger partial charge in [-0.05, 0) is 17.5 Å². The summed E-state index contributed by atoms with van der Waals surface area (Å²) in [5.41, 5.74) is 3.68. The molecule has 3 heterocycles. The highest BCUT2D eigenvalue weighted by molar-refractivity contribution is 6.02. The summed E-state index contributed by atoms with van der Waals surface area (Å²) in [5, 5.41) is 0. The molecule has 6 heteroatoms. The molecule has 0 radical (unpaired) electrons. The Morgan fingerprint density at radius 2 is 2.04 bits per heavy atom.